The molecule has 1 rings (SSSR count). The van der Waals surface area contributed by atoms with Crippen molar-refractivity contribution in [1.82, 2.24) is 4.72 Å². The van der Waals surface area contributed by atoms with Gasteiger partial charge in [-0.25, -0.2) is 13.1 Å². The second kappa shape index (κ2) is 5.56. The number of nitrogens with one attached hydrogen (secondary N) is 1. The number of hydrogen-bond donors (Lipinski definition) is 2. The molecule has 0 fully saturated rings. The summed E-state index contributed by atoms with van der Waals surface area (Å²) in [5, 5.41) is -0.0203. The molecule has 6 heteroatoms. The molecular weight excluding hydrogens is 246 g/mol. The molecule has 1 aromatic rings. The van der Waals surface area contributed by atoms with Crippen LogP contribution < -0.4 is 9.46 Å². The summed E-state index contributed by atoms with van der Waals surface area (Å²) >= 11 is 4.11. The standard InChI is InChI=1S/C10H15NO3S2/c1-8(15)7-11-16(12,13)10-5-3-9(14-2)4-6-10/h3-6,8,11,15H,7H2,1-2H3. The van der Waals surface area contributed by atoms with Crippen molar-refractivity contribution in [3.63, 3.8) is 0 Å². The molecule has 0 aliphatic carbocycles. The summed E-state index contributed by atoms with van der Waals surface area (Å²) in [5.74, 6) is 0.626. The molecule has 0 aliphatic heterocycles. The Labute approximate surface area is 101 Å². The first kappa shape index (κ1) is 13.3. The molecule has 1 aromatic carbocycles. The fourth-order valence-corrected chi connectivity index (χ4v) is 2.41. The van der Waals surface area contributed by atoms with Crippen LogP contribution in [0.5, 0.6) is 5.75 Å². The van der Waals surface area contributed by atoms with Crippen molar-refractivity contribution >= 4 is 22.7 Å². The fourth-order valence-electron chi connectivity index (χ4n) is 1.07. The van der Waals surface area contributed by atoms with E-state index in [1.807, 2.05) is 6.92 Å². The molecule has 0 heterocycles. The van der Waals surface area contributed by atoms with Crippen LogP contribution in [0.4, 0.5) is 0 Å². The molecule has 0 radical (unpaired) electrons. The summed E-state index contributed by atoms with van der Waals surface area (Å²) < 4.78 is 30.9. The van der Waals surface area contributed by atoms with Gasteiger partial charge in [-0.3, -0.25) is 0 Å². The Balaban J connectivity index is 2.82. The number of methoxy groups -OCH3 is 1. The molecule has 1 unspecified atom stereocenters. The maximum absolute atomic E-state index is 11.8. The number of hydrogen-bond acceptors (Lipinski definition) is 4. The van der Waals surface area contributed by atoms with Crippen LogP contribution in [0.2, 0.25) is 0 Å². The monoisotopic (exact) mass is 261 g/mol. The van der Waals surface area contributed by atoms with Gasteiger partial charge in [0.15, 0.2) is 0 Å². The highest BCUT2D eigenvalue weighted by Crippen LogP contribution is 2.15. The summed E-state index contributed by atoms with van der Waals surface area (Å²) in [6.45, 7) is 2.12. The third-order valence-corrected chi connectivity index (χ3v) is 3.56. The van der Waals surface area contributed by atoms with Crippen LogP contribution in [0.3, 0.4) is 0 Å². The third kappa shape index (κ3) is 3.70. The number of sulfonamides is 1. The molecule has 0 aromatic heterocycles. The Hall–Kier alpha value is -0.720. The summed E-state index contributed by atoms with van der Waals surface area (Å²) in [4.78, 5) is 0.224. The summed E-state index contributed by atoms with van der Waals surface area (Å²) in [5.41, 5.74) is 0. The van der Waals surface area contributed by atoms with Gasteiger partial charge in [0, 0.05) is 11.8 Å². The zero-order valence-electron chi connectivity index (χ0n) is 9.17. The van der Waals surface area contributed by atoms with Crippen LogP contribution in [-0.4, -0.2) is 27.3 Å². The molecule has 1 atom stereocenters. The van der Waals surface area contributed by atoms with Crippen molar-refractivity contribution in [3.05, 3.63) is 24.3 Å². The summed E-state index contributed by atoms with van der Waals surface area (Å²) in [7, 11) is -1.90. The first-order valence-electron chi connectivity index (χ1n) is 4.77. The van der Waals surface area contributed by atoms with E-state index in [0.717, 1.165) is 0 Å². The molecule has 0 spiro atoms. The average molecular weight is 261 g/mol. The van der Waals surface area contributed by atoms with E-state index in [1.54, 1.807) is 12.1 Å². The molecule has 90 valence electrons. The molecule has 16 heavy (non-hydrogen) atoms. The first-order chi connectivity index (χ1) is 7.45. The lowest BCUT2D eigenvalue weighted by Gasteiger charge is -2.08. The SMILES string of the molecule is COc1ccc(S(=O)(=O)NCC(C)S)cc1. The highest BCUT2D eigenvalue weighted by Gasteiger charge is 2.13. The van der Waals surface area contributed by atoms with E-state index in [9.17, 15) is 8.42 Å². The molecule has 0 amide bonds. The van der Waals surface area contributed by atoms with Crippen LogP contribution >= 0.6 is 12.6 Å². The number of benzene rings is 1. The molecule has 4 nitrogen and oxygen atoms in total. The van der Waals surface area contributed by atoms with E-state index in [-0.39, 0.29) is 10.1 Å². The van der Waals surface area contributed by atoms with Gasteiger partial charge in [-0.1, -0.05) is 6.92 Å². The number of rotatable bonds is 5. The van der Waals surface area contributed by atoms with Gasteiger partial charge in [-0.05, 0) is 24.3 Å². The summed E-state index contributed by atoms with van der Waals surface area (Å²) in [6.07, 6.45) is 0. The van der Waals surface area contributed by atoms with Gasteiger partial charge in [0.2, 0.25) is 10.0 Å². The van der Waals surface area contributed by atoms with E-state index in [0.29, 0.717) is 12.3 Å². The van der Waals surface area contributed by atoms with Crippen molar-refractivity contribution in [1.29, 1.82) is 0 Å². The van der Waals surface area contributed by atoms with Gasteiger partial charge in [0.25, 0.3) is 0 Å². The van der Waals surface area contributed by atoms with Crippen LogP contribution in [0, 0.1) is 0 Å². The Morgan fingerprint density at radius 3 is 2.38 bits per heavy atom. The van der Waals surface area contributed by atoms with E-state index >= 15 is 0 Å². The lowest BCUT2D eigenvalue weighted by molar-refractivity contribution is 0.414. The van der Waals surface area contributed by atoms with Gasteiger partial charge < -0.3 is 4.74 Å². The molecular formula is C10H15NO3S2. The van der Waals surface area contributed by atoms with Gasteiger partial charge in [-0.15, -0.1) is 0 Å². The van der Waals surface area contributed by atoms with Crippen LogP contribution in [0.25, 0.3) is 0 Å². The van der Waals surface area contributed by atoms with Crippen molar-refractivity contribution < 1.29 is 13.2 Å². The number of thiol groups is 1. The van der Waals surface area contributed by atoms with E-state index in [1.165, 1.54) is 19.2 Å². The molecule has 0 bridgehead atoms. The van der Waals surface area contributed by atoms with Crippen molar-refractivity contribution in [2.24, 2.45) is 0 Å². The average Bonchev–Trinajstić information content (AvgIpc) is 2.27. The molecule has 0 saturated carbocycles. The zero-order chi connectivity index (χ0) is 12.2. The summed E-state index contributed by atoms with van der Waals surface area (Å²) in [6, 6.07) is 6.23. The lowest BCUT2D eigenvalue weighted by atomic mass is 10.3. The second-order valence-electron chi connectivity index (χ2n) is 3.38. The minimum Gasteiger partial charge on any atom is -0.497 e. The molecule has 0 saturated heterocycles. The van der Waals surface area contributed by atoms with Crippen molar-refractivity contribution in [2.75, 3.05) is 13.7 Å². The smallest absolute Gasteiger partial charge is 0.240 e. The van der Waals surface area contributed by atoms with Crippen LogP contribution in [0.15, 0.2) is 29.2 Å². The van der Waals surface area contributed by atoms with E-state index in [4.69, 9.17) is 4.74 Å². The highest BCUT2D eigenvalue weighted by atomic mass is 32.2. The largest absolute Gasteiger partial charge is 0.497 e. The normalized spacial score (nSPS) is 13.4. The first-order valence-corrected chi connectivity index (χ1v) is 6.77. The Bertz CT molecular complexity index is 426. The fraction of sp³-hybridized carbons (Fsp3) is 0.400. The Morgan fingerprint density at radius 2 is 1.94 bits per heavy atom. The quantitative estimate of drug-likeness (QED) is 0.785. The van der Waals surface area contributed by atoms with Crippen molar-refractivity contribution in [3.8, 4) is 5.75 Å². The minimum absolute atomic E-state index is 0.0203. The van der Waals surface area contributed by atoms with E-state index < -0.39 is 10.0 Å². The van der Waals surface area contributed by atoms with Crippen LogP contribution in [-0.2, 0) is 10.0 Å². The number of ether oxygens (including phenoxy) is 1. The maximum Gasteiger partial charge on any atom is 0.240 e. The van der Waals surface area contributed by atoms with Gasteiger partial charge >= 0.3 is 0 Å². The highest BCUT2D eigenvalue weighted by molar-refractivity contribution is 7.89. The van der Waals surface area contributed by atoms with Gasteiger partial charge in [-0.2, -0.15) is 12.6 Å². The lowest BCUT2D eigenvalue weighted by Crippen LogP contribution is -2.28. The van der Waals surface area contributed by atoms with Gasteiger partial charge in [0.05, 0.1) is 12.0 Å². The predicted molar refractivity (Wildman–Crippen MR) is 66.6 cm³/mol. The maximum atomic E-state index is 11.8. The second-order valence-corrected chi connectivity index (χ2v) is 6.02. The molecule has 0 aliphatic rings. The van der Waals surface area contributed by atoms with Crippen molar-refractivity contribution in [2.45, 2.75) is 17.1 Å². The van der Waals surface area contributed by atoms with Gasteiger partial charge in [0.1, 0.15) is 5.75 Å². The third-order valence-electron chi connectivity index (χ3n) is 1.94. The van der Waals surface area contributed by atoms with Crippen LogP contribution in [0.1, 0.15) is 6.92 Å². The topological polar surface area (TPSA) is 55.4 Å². The zero-order valence-corrected chi connectivity index (χ0v) is 10.9. The van der Waals surface area contributed by atoms with E-state index in [2.05, 4.69) is 17.4 Å². The Morgan fingerprint density at radius 1 is 1.38 bits per heavy atom. The molecule has 1 N–H and O–H groups in total. The predicted octanol–water partition coefficient (Wildman–Crippen LogP) is 1.29. The Kier molecular flexibility index (Phi) is 4.64. The minimum atomic E-state index is -3.43.